The molecular formula is C34H31N3O3. The van der Waals surface area contributed by atoms with Gasteiger partial charge < -0.3 is 9.84 Å². The van der Waals surface area contributed by atoms with Crippen molar-refractivity contribution in [3.8, 4) is 6.07 Å². The van der Waals surface area contributed by atoms with Crippen molar-refractivity contribution >= 4 is 34.1 Å². The molecule has 1 saturated carbocycles. The number of rotatable bonds is 7. The number of allylic oxidation sites excluding steroid dienone is 1. The molecule has 1 aliphatic carbocycles. The summed E-state index contributed by atoms with van der Waals surface area (Å²) in [6.45, 7) is 0.724. The molecule has 3 aromatic carbocycles. The van der Waals surface area contributed by atoms with Gasteiger partial charge in [-0.05, 0) is 78.0 Å². The van der Waals surface area contributed by atoms with E-state index in [1.54, 1.807) is 12.3 Å². The van der Waals surface area contributed by atoms with Crippen LogP contribution in [0.3, 0.4) is 0 Å². The third kappa shape index (κ3) is 4.97. The summed E-state index contributed by atoms with van der Waals surface area (Å²) in [5, 5.41) is 25.1. The van der Waals surface area contributed by atoms with Gasteiger partial charge in [-0.1, -0.05) is 67.1 Å². The number of aromatic nitrogens is 2. The van der Waals surface area contributed by atoms with Crippen LogP contribution in [0.5, 0.6) is 0 Å². The lowest BCUT2D eigenvalue weighted by Gasteiger charge is -2.32. The van der Waals surface area contributed by atoms with Crippen LogP contribution < -0.4 is 0 Å². The number of aliphatic carboxylic acids is 1. The maximum atomic E-state index is 11.0. The summed E-state index contributed by atoms with van der Waals surface area (Å²) in [5.74, 6) is -0.586. The van der Waals surface area contributed by atoms with Gasteiger partial charge in [0, 0.05) is 23.6 Å². The van der Waals surface area contributed by atoms with Crippen LogP contribution >= 0.6 is 0 Å². The lowest BCUT2D eigenvalue weighted by Crippen LogP contribution is -2.19. The van der Waals surface area contributed by atoms with Crippen molar-refractivity contribution < 1.29 is 14.6 Å². The monoisotopic (exact) mass is 529 g/mol. The first-order chi connectivity index (χ1) is 19.6. The fraction of sp³-hybridized carbons (Fsp3) is 0.265. The molecule has 1 saturated heterocycles. The van der Waals surface area contributed by atoms with E-state index in [0.717, 1.165) is 83.5 Å². The molecule has 0 amide bonds. The molecule has 6 rings (SSSR count). The summed E-state index contributed by atoms with van der Waals surface area (Å²) < 4.78 is 7.94. The van der Waals surface area contributed by atoms with E-state index in [4.69, 9.17) is 9.84 Å². The van der Waals surface area contributed by atoms with Crippen molar-refractivity contribution in [1.82, 2.24) is 9.78 Å². The number of ether oxygens (including phenoxy) is 1. The molecule has 1 aromatic heterocycles. The summed E-state index contributed by atoms with van der Waals surface area (Å²) in [6.07, 6.45) is 10.9. The molecule has 200 valence electrons. The van der Waals surface area contributed by atoms with Crippen LogP contribution in [0.2, 0.25) is 0 Å². The lowest BCUT2D eigenvalue weighted by atomic mass is 9.72. The van der Waals surface area contributed by atoms with Crippen molar-refractivity contribution in [2.24, 2.45) is 5.92 Å². The number of hydrogen-bond donors (Lipinski definition) is 1. The highest BCUT2D eigenvalue weighted by molar-refractivity contribution is 6.04. The summed E-state index contributed by atoms with van der Waals surface area (Å²) >= 11 is 0. The van der Waals surface area contributed by atoms with Gasteiger partial charge in [0.05, 0.1) is 17.3 Å². The number of fused-ring (bicyclic) bond motifs is 1. The topological polar surface area (TPSA) is 88.1 Å². The number of carboxylic acid groups (broad SMARTS) is 1. The molecule has 40 heavy (non-hydrogen) atoms. The minimum Gasteiger partial charge on any atom is -0.478 e. The summed E-state index contributed by atoms with van der Waals surface area (Å²) in [5.41, 5.74) is 7.66. The highest BCUT2D eigenvalue weighted by atomic mass is 16.5. The Kier molecular flexibility index (Phi) is 7.31. The largest absolute Gasteiger partial charge is 0.478 e. The van der Waals surface area contributed by atoms with Gasteiger partial charge in [-0.3, -0.25) is 0 Å². The minimum absolute atomic E-state index is 0.111. The van der Waals surface area contributed by atoms with Crippen molar-refractivity contribution in [3.05, 3.63) is 107 Å². The van der Waals surface area contributed by atoms with Crippen LogP contribution in [0.25, 0.3) is 28.1 Å². The van der Waals surface area contributed by atoms with Crippen molar-refractivity contribution in [2.45, 2.75) is 44.8 Å². The van der Waals surface area contributed by atoms with Crippen molar-refractivity contribution in [3.63, 3.8) is 0 Å². The quantitative estimate of drug-likeness (QED) is 0.198. The molecule has 0 radical (unpaired) electrons. The van der Waals surface area contributed by atoms with Gasteiger partial charge in [-0.25, -0.2) is 9.48 Å². The predicted octanol–water partition coefficient (Wildman–Crippen LogP) is 7.46. The van der Waals surface area contributed by atoms with Gasteiger partial charge in [0.2, 0.25) is 0 Å². The highest BCUT2D eigenvalue weighted by Gasteiger charge is 2.29. The van der Waals surface area contributed by atoms with E-state index in [1.807, 2.05) is 35.0 Å². The molecule has 0 bridgehead atoms. The molecule has 1 unspecified atom stereocenters. The SMILES string of the molecule is N#Cc1c(/C(=C(/c2ccccc2)C2CCC2)c2ccc(C=CC(=O)O)cc2)ccc2c1cnn2C1CCCCO1. The number of carboxylic acids is 1. The van der Waals surface area contributed by atoms with Crippen LogP contribution in [0.15, 0.2) is 79.0 Å². The number of nitrogens with zero attached hydrogens (tertiary/aromatic N) is 3. The van der Waals surface area contributed by atoms with E-state index < -0.39 is 5.97 Å². The molecule has 1 N–H and O–H groups in total. The van der Waals surface area contributed by atoms with E-state index in [2.05, 4.69) is 47.6 Å². The Bertz CT molecular complexity index is 1630. The number of benzene rings is 3. The Morgan fingerprint density at radius 1 is 0.975 bits per heavy atom. The van der Waals surface area contributed by atoms with E-state index in [9.17, 15) is 10.1 Å². The third-order valence-corrected chi connectivity index (χ3v) is 8.08. The zero-order valence-electron chi connectivity index (χ0n) is 22.3. The Morgan fingerprint density at radius 2 is 1.77 bits per heavy atom. The van der Waals surface area contributed by atoms with E-state index in [1.165, 1.54) is 12.0 Å². The number of nitriles is 1. The molecule has 6 heteroatoms. The fourth-order valence-electron chi connectivity index (χ4n) is 5.88. The molecule has 2 fully saturated rings. The molecule has 2 heterocycles. The fourth-order valence-corrected chi connectivity index (χ4v) is 5.88. The normalized spacial score (nSPS) is 18.3. The van der Waals surface area contributed by atoms with E-state index in [0.29, 0.717) is 11.5 Å². The molecular weight excluding hydrogens is 498 g/mol. The van der Waals surface area contributed by atoms with Crippen molar-refractivity contribution in [1.29, 1.82) is 5.26 Å². The second kappa shape index (κ2) is 11.3. The smallest absolute Gasteiger partial charge is 0.328 e. The Hall–Kier alpha value is -4.47. The van der Waals surface area contributed by atoms with Gasteiger partial charge in [-0.2, -0.15) is 10.4 Å². The van der Waals surface area contributed by atoms with Gasteiger partial charge in [0.15, 0.2) is 6.23 Å². The summed E-state index contributed by atoms with van der Waals surface area (Å²) in [4.78, 5) is 11.0. The third-order valence-electron chi connectivity index (χ3n) is 8.08. The minimum atomic E-state index is -0.979. The van der Waals surface area contributed by atoms with Crippen molar-refractivity contribution in [2.75, 3.05) is 6.61 Å². The van der Waals surface area contributed by atoms with Gasteiger partial charge in [-0.15, -0.1) is 0 Å². The zero-order valence-corrected chi connectivity index (χ0v) is 22.3. The highest BCUT2D eigenvalue weighted by Crippen LogP contribution is 2.46. The second-order valence-corrected chi connectivity index (χ2v) is 10.5. The first kappa shape index (κ1) is 25.8. The molecule has 2 aliphatic rings. The van der Waals surface area contributed by atoms with Crippen LogP contribution in [-0.2, 0) is 9.53 Å². The van der Waals surface area contributed by atoms with Crippen LogP contribution in [-0.4, -0.2) is 27.5 Å². The average molecular weight is 530 g/mol. The van der Waals surface area contributed by atoms with E-state index in [-0.39, 0.29) is 6.23 Å². The maximum Gasteiger partial charge on any atom is 0.328 e. The van der Waals surface area contributed by atoms with Crippen LogP contribution in [0.4, 0.5) is 0 Å². The summed E-state index contributed by atoms with van der Waals surface area (Å²) in [7, 11) is 0. The predicted molar refractivity (Wildman–Crippen MR) is 156 cm³/mol. The molecule has 1 atom stereocenters. The Morgan fingerprint density at radius 3 is 2.42 bits per heavy atom. The molecule has 6 nitrogen and oxygen atoms in total. The van der Waals surface area contributed by atoms with Crippen LogP contribution in [0, 0.1) is 17.2 Å². The van der Waals surface area contributed by atoms with Gasteiger partial charge in [0.1, 0.15) is 6.07 Å². The standard InChI is InChI=1S/C34H31N3O3/c35-21-28-27(17-18-30-29(28)22-36-37(30)31-11-4-5-20-40-31)34(26-15-12-23(13-16-26)14-19-32(38)39)33(25-9-6-10-25)24-7-2-1-3-8-24/h1-3,7-8,12-19,22,25,31H,4-6,9-11,20H2,(H,38,39)/b19-14?,34-33-. The second-order valence-electron chi connectivity index (χ2n) is 10.5. The van der Waals surface area contributed by atoms with Gasteiger partial charge >= 0.3 is 5.97 Å². The first-order valence-electron chi connectivity index (χ1n) is 14.0. The molecule has 0 spiro atoms. The first-order valence-corrected chi connectivity index (χ1v) is 14.0. The molecule has 4 aromatic rings. The summed E-state index contributed by atoms with van der Waals surface area (Å²) in [6, 6.07) is 25.1. The molecule has 1 aliphatic heterocycles. The van der Waals surface area contributed by atoms with E-state index >= 15 is 0 Å². The lowest BCUT2D eigenvalue weighted by molar-refractivity contribution is -0.131. The average Bonchev–Trinajstić information content (AvgIpc) is 3.40. The van der Waals surface area contributed by atoms with Gasteiger partial charge in [0.25, 0.3) is 0 Å². The maximum absolute atomic E-state index is 11.0. The Balaban J connectivity index is 1.57. The number of hydrogen-bond acceptors (Lipinski definition) is 4. The zero-order chi connectivity index (χ0) is 27.5. The Labute approximate surface area is 233 Å². The number of carbonyl (C=O) groups is 1. The van der Waals surface area contributed by atoms with Crippen LogP contribution in [0.1, 0.15) is 72.6 Å².